The Morgan fingerprint density at radius 1 is 0.812 bits per heavy atom. The minimum absolute atomic E-state index is 0.254. The zero-order valence-electron chi connectivity index (χ0n) is 17.8. The number of benzene rings is 3. The number of hydrogen-bond acceptors (Lipinski definition) is 5. The van der Waals surface area contributed by atoms with E-state index < -0.39 is 5.91 Å². The number of nitrogens with zero attached hydrogens (tertiary/aromatic N) is 1. The third-order valence-electron chi connectivity index (χ3n) is 5.58. The predicted octanol–water partition coefficient (Wildman–Crippen LogP) is 4.47. The second kappa shape index (κ2) is 7.89. The number of amides is 2. The predicted molar refractivity (Wildman–Crippen MR) is 123 cm³/mol. The van der Waals surface area contributed by atoms with Crippen LogP contribution in [-0.4, -0.2) is 25.0 Å². The van der Waals surface area contributed by atoms with Crippen LogP contribution >= 0.6 is 0 Å². The normalized spacial score (nSPS) is 15.4. The van der Waals surface area contributed by atoms with Gasteiger partial charge >= 0.3 is 0 Å². The third kappa shape index (κ3) is 3.39. The number of fused-ring (bicyclic) bond motifs is 1. The van der Waals surface area contributed by atoms with Gasteiger partial charge in [0.25, 0.3) is 11.8 Å². The highest BCUT2D eigenvalue weighted by atomic mass is 16.6. The molecule has 32 heavy (non-hydrogen) atoms. The van der Waals surface area contributed by atoms with E-state index in [0.29, 0.717) is 41.5 Å². The summed E-state index contributed by atoms with van der Waals surface area (Å²) in [5.74, 6) is 0.327. The van der Waals surface area contributed by atoms with Crippen molar-refractivity contribution >= 4 is 28.8 Å². The molecule has 3 aromatic carbocycles. The average molecular weight is 426 g/mol. The largest absolute Gasteiger partial charge is 0.486 e. The van der Waals surface area contributed by atoms with Gasteiger partial charge in [-0.05, 0) is 48.7 Å². The summed E-state index contributed by atoms with van der Waals surface area (Å²) in [7, 11) is 0. The smallest absolute Gasteiger partial charge is 0.282 e. The van der Waals surface area contributed by atoms with Gasteiger partial charge in [0, 0.05) is 11.8 Å². The summed E-state index contributed by atoms with van der Waals surface area (Å²) >= 11 is 0. The second-order valence-electron chi connectivity index (χ2n) is 7.83. The van der Waals surface area contributed by atoms with E-state index in [4.69, 9.17) is 9.47 Å². The molecule has 160 valence electrons. The summed E-state index contributed by atoms with van der Waals surface area (Å²) in [5.41, 5.74) is 4.54. The molecule has 0 bridgehead atoms. The lowest BCUT2D eigenvalue weighted by Crippen LogP contribution is -2.32. The van der Waals surface area contributed by atoms with E-state index in [-0.39, 0.29) is 11.6 Å². The minimum atomic E-state index is -0.411. The first-order valence-electron chi connectivity index (χ1n) is 10.5. The molecule has 0 aromatic heterocycles. The molecule has 3 aromatic rings. The van der Waals surface area contributed by atoms with Crippen molar-refractivity contribution in [2.45, 2.75) is 13.8 Å². The fourth-order valence-corrected chi connectivity index (χ4v) is 3.93. The summed E-state index contributed by atoms with van der Waals surface area (Å²) in [6.07, 6.45) is 0. The Morgan fingerprint density at radius 3 is 2.34 bits per heavy atom. The molecular formula is C26H22N2O4. The molecule has 0 saturated heterocycles. The maximum Gasteiger partial charge on any atom is 0.282 e. The second-order valence-corrected chi connectivity index (χ2v) is 7.83. The van der Waals surface area contributed by atoms with Gasteiger partial charge in [-0.15, -0.1) is 0 Å². The number of rotatable bonds is 4. The number of anilines is 2. The van der Waals surface area contributed by atoms with Crippen molar-refractivity contribution in [3.05, 3.63) is 89.1 Å². The quantitative estimate of drug-likeness (QED) is 0.624. The van der Waals surface area contributed by atoms with Gasteiger partial charge in [0.15, 0.2) is 11.5 Å². The van der Waals surface area contributed by atoms with Gasteiger partial charge in [0.05, 0.1) is 11.3 Å². The van der Waals surface area contributed by atoms with E-state index in [1.54, 1.807) is 18.2 Å². The van der Waals surface area contributed by atoms with Crippen LogP contribution in [0.1, 0.15) is 16.7 Å². The molecule has 0 atom stereocenters. The molecule has 6 nitrogen and oxygen atoms in total. The summed E-state index contributed by atoms with van der Waals surface area (Å²) < 4.78 is 11.2. The first-order chi connectivity index (χ1) is 15.5. The minimum Gasteiger partial charge on any atom is -0.486 e. The van der Waals surface area contributed by atoms with E-state index in [2.05, 4.69) is 5.32 Å². The lowest BCUT2D eigenvalue weighted by atomic mass is 10.0. The lowest BCUT2D eigenvalue weighted by Gasteiger charge is -2.21. The zero-order valence-corrected chi connectivity index (χ0v) is 17.8. The fraction of sp³-hybridized carbons (Fsp3) is 0.154. The van der Waals surface area contributed by atoms with Crippen LogP contribution < -0.4 is 19.7 Å². The van der Waals surface area contributed by atoms with Crippen molar-refractivity contribution in [3.8, 4) is 11.5 Å². The summed E-state index contributed by atoms with van der Waals surface area (Å²) in [5, 5.41) is 3.25. The van der Waals surface area contributed by atoms with Crippen molar-refractivity contribution in [3.63, 3.8) is 0 Å². The Hall–Kier alpha value is -4.06. The standard InChI is InChI=1S/C26H22N2O4/c1-16-8-9-17(2)20(14-16)27-24-23(18-6-4-3-5-7-18)25(29)28(26(24)30)19-10-11-21-22(15-19)32-13-12-31-21/h3-11,14-15,27H,12-13H2,1-2H3. The van der Waals surface area contributed by atoms with Crippen molar-refractivity contribution in [1.82, 2.24) is 0 Å². The molecule has 6 heteroatoms. The number of ether oxygens (including phenoxy) is 2. The topological polar surface area (TPSA) is 67.9 Å². The Balaban J connectivity index is 1.60. The Bertz CT molecular complexity index is 1260. The van der Waals surface area contributed by atoms with Crippen molar-refractivity contribution < 1.29 is 19.1 Å². The van der Waals surface area contributed by atoms with Crippen LogP contribution in [0.2, 0.25) is 0 Å². The van der Waals surface area contributed by atoms with E-state index in [1.807, 2.05) is 62.4 Å². The molecule has 2 amide bonds. The van der Waals surface area contributed by atoms with E-state index in [0.717, 1.165) is 16.8 Å². The van der Waals surface area contributed by atoms with Crippen molar-refractivity contribution in [1.29, 1.82) is 0 Å². The van der Waals surface area contributed by atoms with E-state index in [9.17, 15) is 9.59 Å². The molecule has 0 fully saturated rings. The molecule has 0 spiro atoms. The van der Waals surface area contributed by atoms with Crippen LogP contribution in [0.4, 0.5) is 11.4 Å². The molecule has 1 N–H and O–H groups in total. The van der Waals surface area contributed by atoms with Gasteiger partial charge in [-0.2, -0.15) is 0 Å². The average Bonchev–Trinajstić information content (AvgIpc) is 3.05. The van der Waals surface area contributed by atoms with Gasteiger partial charge in [-0.1, -0.05) is 42.5 Å². The van der Waals surface area contributed by atoms with E-state index >= 15 is 0 Å². The van der Waals surface area contributed by atoms with Crippen molar-refractivity contribution in [2.24, 2.45) is 0 Å². The molecule has 2 aliphatic rings. The number of nitrogens with one attached hydrogen (secondary N) is 1. The maximum absolute atomic E-state index is 13.6. The molecule has 2 heterocycles. The molecular weight excluding hydrogens is 404 g/mol. The molecule has 0 unspecified atom stereocenters. The van der Waals surface area contributed by atoms with Crippen LogP contribution in [0.15, 0.2) is 72.4 Å². The number of aryl methyl sites for hydroxylation is 2. The summed E-state index contributed by atoms with van der Waals surface area (Å²) in [6, 6.07) is 20.3. The Morgan fingerprint density at radius 2 is 1.56 bits per heavy atom. The summed E-state index contributed by atoms with van der Waals surface area (Å²) in [4.78, 5) is 28.3. The SMILES string of the molecule is Cc1ccc(C)c(NC2=C(c3ccccc3)C(=O)N(c3ccc4c(c3)OCCO4)C2=O)c1. The number of hydrogen-bond donors (Lipinski definition) is 1. The third-order valence-corrected chi connectivity index (χ3v) is 5.58. The van der Waals surface area contributed by atoms with Gasteiger partial charge in [-0.3, -0.25) is 9.59 Å². The molecule has 0 aliphatic carbocycles. The maximum atomic E-state index is 13.6. The molecule has 2 aliphatic heterocycles. The first kappa shape index (κ1) is 19.9. The van der Waals surface area contributed by atoms with Gasteiger partial charge in [-0.25, -0.2) is 4.90 Å². The highest BCUT2D eigenvalue weighted by Crippen LogP contribution is 2.39. The first-order valence-corrected chi connectivity index (χ1v) is 10.5. The van der Waals surface area contributed by atoms with Crippen LogP contribution in [0.3, 0.4) is 0 Å². The van der Waals surface area contributed by atoms with Crippen LogP contribution in [0.25, 0.3) is 5.57 Å². The van der Waals surface area contributed by atoms with Crippen molar-refractivity contribution in [2.75, 3.05) is 23.4 Å². The van der Waals surface area contributed by atoms with Crippen LogP contribution in [0.5, 0.6) is 11.5 Å². The molecule has 0 radical (unpaired) electrons. The van der Waals surface area contributed by atoms with E-state index in [1.165, 1.54) is 4.90 Å². The number of carbonyl (C=O) groups excluding carboxylic acids is 2. The Labute approximate surface area is 186 Å². The number of imide groups is 1. The fourth-order valence-electron chi connectivity index (χ4n) is 3.93. The van der Waals surface area contributed by atoms with Gasteiger partial charge in [0.2, 0.25) is 0 Å². The molecule has 0 saturated carbocycles. The van der Waals surface area contributed by atoms with Crippen LogP contribution in [-0.2, 0) is 9.59 Å². The molecule has 5 rings (SSSR count). The van der Waals surface area contributed by atoms with Gasteiger partial charge in [0.1, 0.15) is 18.9 Å². The highest BCUT2D eigenvalue weighted by molar-refractivity contribution is 6.46. The monoisotopic (exact) mass is 426 g/mol. The highest BCUT2D eigenvalue weighted by Gasteiger charge is 2.40. The summed E-state index contributed by atoms with van der Waals surface area (Å²) in [6.45, 7) is 4.84. The lowest BCUT2D eigenvalue weighted by molar-refractivity contribution is -0.120. The van der Waals surface area contributed by atoms with Gasteiger partial charge < -0.3 is 14.8 Å². The zero-order chi connectivity index (χ0) is 22.2. The van der Waals surface area contributed by atoms with Crippen LogP contribution in [0, 0.1) is 13.8 Å². The Kier molecular flexibility index (Phi) is 4.90. The number of carbonyl (C=O) groups is 2.